The van der Waals surface area contributed by atoms with Crippen molar-refractivity contribution in [2.75, 3.05) is 12.0 Å². The van der Waals surface area contributed by atoms with Gasteiger partial charge in [0, 0.05) is 12.8 Å². The van der Waals surface area contributed by atoms with Gasteiger partial charge in [-0.2, -0.15) is 11.8 Å². The first kappa shape index (κ1) is 32.1. The van der Waals surface area contributed by atoms with E-state index in [1.807, 2.05) is 6.26 Å². The fourth-order valence-electron chi connectivity index (χ4n) is 2.96. The number of carboxylic acids is 2. The first-order valence-corrected chi connectivity index (χ1v) is 12.6. The molecule has 0 radical (unpaired) electrons. The van der Waals surface area contributed by atoms with Crippen LogP contribution in [0.3, 0.4) is 0 Å². The first-order valence-electron chi connectivity index (χ1n) is 11.2. The third-order valence-electron chi connectivity index (χ3n) is 5.34. The van der Waals surface area contributed by atoms with Crippen LogP contribution in [0.4, 0.5) is 0 Å². The SMILES string of the molecule is CCC(C)C(NC(=O)C(CCC(=O)O)NC(=O)C(CCC(N)=O)NC(=O)C(N)CCSC)C(=O)O. The molecule has 5 atom stereocenters. The van der Waals surface area contributed by atoms with E-state index in [-0.39, 0.29) is 19.3 Å². The number of primary amides is 1. The van der Waals surface area contributed by atoms with Gasteiger partial charge in [0.25, 0.3) is 0 Å². The van der Waals surface area contributed by atoms with E-state index in [2.05, 4.69) is 16.0 Å². The van der Waals surface area contributed by atoms with Crippen LogP contribution in [-0.2, 0) is 28.8 Å². The molecule has 13 nitrogen and oxygen atoms in total. The molecule has 9 N–H and O–H groups in total. The smallest absolute Gasteiger partial charge is 0.326 e. The van der Waals surface area contributed by atoms with Crippen molar-refractivity contribution in [3.63, 3.8) is 0 Å². The molecule has 0 fully saturated rings. The maximum absolute atomic E-state index is 12.9. The van der Waals surface area contributed by atoms with E-state index in [0.717, 1.165) is 0 Å². The lowest BCUT2D eigenvalue weighted by molar-refractivity contribution is -0.144. The summed E-state index contributed by atoms with van der Waals surface area (Å²) in [5.74, 6) is -5.45. The highest BCUT2D eigenvalue weighted by Gasteiger charge is 2.32. The summed E-state index contributed by atoms with van der Waals surface area (Å²) in [6, 6.07) is -4.84. The minimum Gasteiger partial charge on any atom is -0.481 e. The predicted molar refractivity (Wildman–Crippen MR) is 129 cm³/mol. The quantitative estimate of drug-likeness (QED) is 0.114. The van der Waals surface area contributed by atoms with Crippen molar-refractivity contribution in [2.45, 2.75) is 76.5 Å². The van der Waals surface area contributed by atoms with E-state index in [1.54, 1.807) is 13.8 Å². The summed E-state index contributed by atoms with van der Waals surface area (Å²) >= 11 is 1.48. The van der Waals surface area contributed by atoms with Crippen molar-refractivity contribution in [1.29, 1.82) is 0 Å². The third kappa shape index (κ3) is 13.0. The second-order valence-corrected chi connectivity index (χ2v) is 9.14. The van der Waals surface area contributed by atoms with Crippen LogP contribution in [-0.4, -0.2) is 82.0 Å². The molecule has 14 heteroatoms. The lowest BCUT2D eigenvalue weighted by atomic mass is 9.98. The van der Waals surface area contributed by atoms with E-state index in [9.17, 15) is 33.9 Å². The predicted octanol–water partition coefficient (Wildman–Crippen LogP) is -1.22. The average molecular weight is 520 g/mol. The van der Waals surface area contributed by atoms with Gasteiger partial charge in [0.2, 0.25) is 23.6 Å². The monoisotopic (exact) mass is 519 g/mol. The number of aliphatic carboxylic acids is 2. The summed E-state index contributed by atoms with van der Waals surface area (Å²) in [5.41, 5.74) is 11.0. The molecular formula is C21H37N5O8S. The highest BCUT2D eigenvalue weighted by molar-refractivity contribution is 7.98. The minimum absolute atomic E-state index is 0.181. The standard InChI is InChI=1S/C21H37N5O8S/c1-4-11(2)17(21(33)34)26-20(32)14(6-8-16(28)29)25-19(31)13(5-7-15(23)27)24-18(30)12(22)9-10-35-3/h11-14,17H,4-10,22H2,1-3H3,(H2,23,27)(H,24,30)(H,25,31)(H,26,32)(H,28,29)(H,33,34). The molecule has 0 aliphatic rings. The second-order valence-electron chi connectivity index (χ2n) is 8.16. The van der Waals surface area contributed by atoms with Crippen molar-refractivity contribution >= 4 is 47.3 Å². The van der Waals surface area contributed by atoms with Crippen LogP contribution in [0.1, 0.15) is 52.4 Å². The number of hydrogen-bond acceptors (Lipinski definition) is 8. The number of carbonyl (C=O) groups excluding carboxylic acids is 4. The zero-order valence-electron chi connectivity index (χ0n) is 20.2. The van der Waals surface area contributed by atoms with Crippen molar-refractivity contribution in [2.24, 2.45) is 17.4 Å². The van der Waals surface area contributed by atoms with Crippen LogP contribution in [0.5, 0.6) is 0 Å². The van der Waals surface area contributed by atoms with Crippen molar-refractivity contribution < 1.29 is 39.0 Å². The normalized spacial score (nSPS) is 15.1. The Bertz CT molecular complexity index is 766. The topological polar surface area (TPSA) is 231 Å². The van der Waals surface area contributed by atoms with Crippen molar-refractivity contribution in [3.8, 4) is 0 Å². The number of hydrogen-bond donors (Lipinski definition) is 7. The number of carboxylic acid groups (broad SMARTS) is 2. The van der Waals surface area contributed by atoms with Gasteiger partial charge in [-0.3, -0.25) is 24.0 Å². The Balaban J connectivity index is 5.64. The Morgan fingerprint density at radius 1 is 0.857 bits per heavy atom. The fraction of sp³-hybridized carbons (Fsp3) is 0.714. The summed E-state index contributed by atoms with van der Waals surface area (Å²) in [5, 5.41) is 25.6. The van der Waals surface area contributed by atoms with Crippen LogP contribution in [0.15, 0.2) is 0 Å². The molecule has 0 heterocycles. The molecular weight excluding hydrogens is 482 g/mol. The zero-order valence-corrected chi connectivity index (χ0v) is 21.1. The maximum Gasteiger partial charge on any atom is 0.326 e. The van der Waals surface area contributed by atoms with Crippen LogP contribution in [0.25, 0.3) is 0 Å². The molecule has 0 aliphatic heterocycles. The van der Waals surface area contributed by atoms with Crippen LogP contribution >= 0.6 is 11.8 Å². The fourth-order valence-corrected chi connectivity index (χ4v) is 3.45. The highest BCUT2D eigenvalue weighted by atomic mass is 32.2. The lowest BCUT2D eigenvalue weighted by Crippen LogP contribution is -2.57. The van der Waals surface area contributed by atoms with E-state index in [1.165, 1.54) is 11.8 Å². The molecule has 0 saturated carbocycles. The van der Waals surface area contributed by atoms with E-state index >= 15 is 0 Å². The second kappa shape index (κ2) is 16.7. The molecule has 0 bridgehead atoms. The Kier molecular flexibility index (Phi) is 15.3. The van der Waals surface area contributed by atoms with Gasteiger partial charge < -0.3 is 37.6 Å². The van der Waals surface area contributed by atoms with Gasteiger partial charge in [-0.1, -0.05) is 20.3 Å². The number of thioether (sulfide) groups is 1. The molecule has 0 rings (SSSR count). The summed E-state index contributed by atoms with van der Waals surface area (Å²) in [7, 11) is 0. The van der Waals surface area contributed by atoms with Crippen molar-refractivity contribution in [3.05, 3.63) is 0 Å². The molecule has 0 aromatic heterocycles. The Morgan fingerprint density at radius 3 is 1.83 bits per heavy atom. The lowest BCUT2D eigenvalue weighted by Gasteiger charge is -2.26. The van der Waals surface area contributed by atoms with Gasteiger partial charge in [-0.05, 0) is 37.2 Å². The number of carbonyl (C=O) groups is 6. The largest absolute Gasteiger partial charge is 0.481 e. The molecule has 200 valence electrons. The average Bonchev–Trinajstić information content (AvgIpc) is 2.79. The summed E-state index contributed by atoms with van der Waals surface area (Å²) < 4.78 is 0. The molecule has 0 aromatic rings. The van der Waals surface area contributed by atoms with Crippen LogP contribution < -0.4 is 27.4 Å². The summed E-state index contributed by atoms with van der Waals surface area (Å²) in [4.78, 5) is 72.0. The molecule has 0 aliphatic carbocycles. The van der Waals surface area contributed by atoms with Gasteiger partial charge in [-0.15, -0.1) is 0 Å². The maximum atomic E-state index is 12.9. The van der Waals surface area contributed by atoms with Gasteiger partial charge >= 0.3 is 11.9 Å². The molecule has 0 saturated heterocycles. The number of nitrogens with two attached hydrogens (primary N) is 2. The van der Waals surface area contributed by atoms with E-state index in [0.29, 0.717) is 18.6 Å². The van der Waals surface area contributed by atoms with Gasteiger partial charge in [-0.25, -0.2) is 4.79 Å². The molecule has 5 unspecified atom stereocenters. The highest BCUT2D eigenvalue weighted by Crippen LogP contribution is 2.10. The molecule has 35 heavy (non-hydrogen) atoms. The Morgan fingerprint density at radius 2 is 1.37 bits per heavy atom. The van der Waals surface area contributed by atoms with Crippen LogP contribution in [0, 0.1) is 5.92 Å². The third-order valence-corrected chi connectivity index (χ3v) is 5.98. The molecule has 0 aromatic carbocycles. The zero-order chi connectivity index (χ0) is 27.1. The Labute approximate surface area is 208 Å². The van der Waals surface area contributed by atoms with Gasteiger partial charge in [0.1, 0.15) is 18.1 Å². The van der Waals surface area contributed by atoms with E-state index in [4.69, 9.17) is 16.6 Å². The summed E-state index contributed by atoms with van der Waals surface area (Å²) in [6.45, 7) is 3.37. The number of rotatable bonds is 18. The minimum atomic E-state index is -1.40. The van der Waals surface area contributed by atoms with Gasteiger partial charge in [0.05, 0.1) is 6.04 Å². The van der Waals surface area contributed by atoms with Crippen molar-refractivity contribution in [1.82, 2.24) is 16.0 Å². The molecule has 0 spiro atoms. The number of amides is 4. The van der Waals surface area contributed by atoms with Gasteiger partial charge in [0.15, 0.2) is 0 Å². The number of nitrogens with one attached hydrogen (secondary N) is 3. The summed E-state index contributed by atoms with van der Waals surface area (Å²) in [6.07, 6.45) is 1.38. The van der Waals surface area contributed by atoms with E-state index < -0.39 is 72.1 Å². The molecule has 4 amide bonds. The Hall–Kier alpha value is -2.87. The van der Waals surface area contributed by atoms with Crippen LogP contribution in [0.2, 0.25) is 0 Å². The first-order chi connectivity index (χ1) is 16.3.